The lowest BCUT2D eigenvalue weighted by atomic mass is 10.00. The van der Waals surface area contributed by atoms with E-state index in [2.05, 4.69) is 17.0 Å². The molecule has 0 saturated heterocycles. The van der Waals surface area contributed by atoms with Gasteiger partial charge in [0, 0.05) is 31.9 Å². The van der Waals surface area contributed by atoms with Crippen LogP contribution >= 0.6 is 0 Å². The van der Waals surface area contributed by atoms with E-state index in [1.54, 1.807) is 0 Å². The fourth-order valence-electron chi connectivity index (χ4n) is 2.57. The molecule has 1 aromatic rings. The molecule has 0 amide bonds. The molecular formula is C15H24N2O. The van der Waals surface area contributed by atoms with Gasteiger partial charge in [-0.15, -0.1) is 0 Å². The number of nitrogens with two attached hydrogens (primary N) is 1. The van der Waals surface area contributed by atoms with E-state index in [0.29, 0.717) is 12.5 Å². The Balaban J connectivity index is 1.87. The monoisotopic (exact) mass is 248 g/mol. The molecule has 1 unspecified atom stereocenters. The summed E-state index contributed by atoms with van der Waals surface area (Å²) in [6.07, 6.45) is 5.19. The van der Waals surface area contributed by atoms with Crippen LogP contribution in [0.2, 0.25) is 0 Å². The molecule has 0 bridgehead atoms. The van der Waals surface area contributed by atoms with Crippen molar-refractivity contribution >= 4 is 5.69 Å². The van der Waals surface area contributed by atoms with Gasteiger partial charge in [-0.3, -0.25) is 0 Å². The van der Waals surface area contributed by atoms with E-state index in [9.17, 15) is 0 Å². The van der Waals surface area contributed by atoms with Gasteiger partial charge in [0.15, 0.2) is 0 Å². The minimum atomic E-state index is 0.176. The van der Waals surface area contributed by atoms with E-state index in [1.807, 2.05) is 26.2 Å². The summed E-state index contributed by atoms with van der Waals surface area (Å²) in [5, 5.41) is 0. The van der Waals surface area contributed by atoms with Gasteiger partial charge in [-0.05, 0) is 30.9 Å². The summed E-state index contributed by atoms with van der Waals surface area (Å²) in [6.45, 7) is 0.627. The molecule has 3 heteroatoms. The summed E-state index contributed by atoms with van der Waals surface area (Å²) in [5.41, 5.74) is 7.34. The molecular weight excluding hydrogens is 224 g/mol. The van der Waals surface area contributed by atoms with Crippen molar-refractivity contribution in [2.45, 2.75) is 31.7 Å². The molecule has 1 fully saturated rings. The topological polar surface area (TPSA) is 38.5 Å². The Hall–Kier alpha value is -1.22. The van der Waals surface area contributed by atoms with Crippen LogP contribution in [0.3, 0.4) is 0 Å². The molecule has 1 aliphatic rings. The molecule has 2 rings (SSSR count). The lowest BCUT2D eigenvalue weighted by Gasteiger charge is -2.20. The number of hydrogen-bond donors (Lipinski definition) is 1. The van der Waals surface area contributed by atoms with Crippen LogP contribution in [-0.4, -0.2) is 26.7 Å². The zero-order chi connectivity index (χ0) is 13.0. The Kier molecular flexibility index (Phi) is 4.48. The van der Waals surface area contributed by atoms with Crippen molar-refractivity contribution < 1.29 is 4.74 Å². The van der Waals surface area contributed by atoms with Crippen molar-refractivity contribution in [3.63, 3.8) is 0 Å². The second-order valence-corrected chi connectivity index (χ2v) is 5.41. The summed E-state index contributed by atoms with van der Waals surface area (Å²) in [4.78, 5) is 2.07. The highest BCUT2D eigenvalue weighted by Gasteiger charge is 2.22. The van der Waals surface area contributed by atoms with E-state index in [-0.39, 0.29) is 6.04 Å². The number of benzene rings is 1. The van der Waals surface area contributed by atoms with Crippen LogP contribution in [0.4, 0.5) is 5.69 Å². The summed E-state index contributed by atoms with van der Waals surface area (Å²) < 4.78 is 5.82. The molecule has 0 spiro atoms. The van der Waals surface area contributed by atoms with Gasteiger partial charge in [0.05, 0.1) is 0 Å². The Morgan fingerprint density at radius 2 is 2.06 bits per heavy atom. The van der Waals surface area contributed by atoms with Gasteiger partial charge in [-0.25, -0.2) is 0 Å². The van der Waals surface area contributed by atoms with Crippen LogP contribution in [0, 0.1) is 5.92 Å². The lowest BCUT2D eigenvalue weighted by Crippen LogP contribution is -2.34. The third-order valence-corrected chi connectivity index (χ3v) is 3.78. The number of ether oxygens (including phenoxy) is 1. The molecule has 1 atom stereocenters. The third-order valence-electron chi connectivity index (χ3n) is 3.78. The van der Waals surface area contributed by atoms with Crippen molar-refractivity contribution in [3.05, 3.63) is 24.3 Å². The maximum absolute atomic E-state index is 6.19. The van der Waals surface area contributed by atoms with E-state index in [0.717, 1.165) is 11.4 Å². The summed E-state index contributed by atoms with van der Waals surface area (Å²) in [5.74, 6) is 1.57. The van der Waals surface area contributed by atoms with E-state index in [4.69, 9.17) is 10.5 Å². The zero-order valence-electron chi connectivity index (χ0n) is 11.4. The van der Waals surface area contributed by atoms with Gasteiger partial charge in [0.2, 0.25) is 0 Å². The predicted molar refractivity (Wildman–Crippen MR) is 76.2 cm³/mol. The molecule has 1 saturated carbocycles. The molecule has 0 heterocycles. The van der Waals surface area contributed by atoms with E-state index in [1.165, 1.54) is 25.7 Å². The first-order valence-electron chi connectivity index (χ1n) is 6.82. The Morgan fingerprint density at radius 3 is 2.72 bits per heavy atom. The lowest BCUT2D eigenvalue weighted by molar-refractivity contribution is 0.247. The highest BCUT2D eigenvalue weighted by atomic mass is 16.5. The van der Waals surface area contributed by atoms with Crippen molar-refractivity contribution in [1.29, 1.82) is 0 Å². The first-order chi connectivity index (χ1) is 8.66. The molecule has 18 heavy (non-hydrogen) atoms. The molecule has 1 aromatic carbocycles. The molecule has 2 N–H and O–H groups in total. The maximum atomic E-state index is 6.19. The van der Waals surface area contributed by atoms with Crippen LogP contribution in [0.1, 0.15) is 25.7 Å². The summed E-state index contributed by atoms with van der Waals surface area (Å²) >= 11 is 0. The molecule has 3 nitrogen and oxygen atoms in total. The highest BCUT2D eigenvalue weighted by Crippen LogP contribution is 2.27. The minimum absolute atomic E-state index is 0.176. The van der Waals surface area contributed by atoms with Gasteiger partial charge in [0.25, 0.3) is 0 Å². The zero-order valence-corrected chi connectivity index (χ0v) is 11.4. The van der Waals surface area contributed by atoms with Crippen LogP contribution in [0.5, 0.6) is 5.75 Å². The average Bonchev–Trinajstić information content (AvgIpc) is 2.90. The standard InChI is InChI=1S/C15H24N2O/c1-17(2)13-8-5-9-14(10-13)18-11-15(16)12-6-3-4-7-12/h5,8-10,12,15H,3-4,6-7,11,16H2,1-2H3. The predicted octanol–water partition coefficient (Wildman–Crippen LogP) is 2.65. The highest BCUT2D eigenvalue weighted by molar-refractivity contribution is 5.49. The van der Waals surface area contributed by atoms with Crippen molar-refractivity contribution in [2.75, 3.05) is 25.6 Å². The number of hydrogen-bond acceptors (Lipinski definition) is 3. The smallest absolute Gasteiger partial charge is 0.121 e. The van der Waals surface area contributed by atoms with Gasteiger partial charge in [-0.1, -0.05) is 18.9 Å². The first-order valence-corrected chi connectivity index (χ1v) is 6.82. The van der Waals surface area contributed by atoms with Crippen molar-refractivity contribution in [2.24, 2.45) is 11.7 Å². The van der Waals surface area contributed by atoms with Crippen molar-refractivity contribution in [3.8, 4) is 5.75 Å². The van der Waals surface area contributed by atoms with Gasteiger partial charge >= 0.3 is 0 Å². The third kappa shape index (κ3) is 3.39. The normalized spacial score (nSPS) is 17.7. The van der Waals surface area contributed by atoms with Crippen LogP contribution < -0.4 is 15.4 Å². The summed E-state index contributed by atoms with van der Waals surface area (Å²) in [6, 6.07) is 8.32. The fraction of sp³-hybridized carbons (Fsp3) is 0.600. The molecule has 0 aromatic heterocycles. The molecule has 1 aliphatic carbocycles. The number of nitrogens with zero attached hydrogens (tertiary/aromatic N) is 1. The second kappa shape index (κ2) is 6.10. The van der Waals surface area contributed by atoms with Crippen LogP contribution in [0.25, 0.3) is 0 Å². The Morgan fingerprint density at radius 1 is 1.33 bits per heavy atom. The second-order valence-electron chi connectivity index (χ2n) is 5.41. The Labute approximate surface area is 110 Å². The largest absolute Gasteiger partial charge is 0.492 e. The average molecular weight is 248 g/mol. The minimum Gasteiger partial charge on any atom is -0.492 e. The van der Waals surface area contributed by atoms with Gasteiger partial charge in [0.1, 0.15) is 12.4 Å². The Bertz CT molecular complexity index is 373. The van der Waals surface area contributed by atoms with Crippen LogP contribution in [-0.2, 0) is 0 Å². The van der Waals surface area contributed by atoms with Crippen molar-refractivity contribution in [1.82, 2.24) is 0 Å². The summed E-state index contributed by atoms with van der Waals surface area (Å²) in [7, 11) is 4.06. The van der Waals surface area contributed by atoms with E-state index >= 15 is 0 Å². The SMILES string of the molecule is CN(C)c1cccc(OCC(N)C2CCCC2)c1. The van der Waals surface area contributed by atoms with Crippen LogP contribution in [0.15, 0.2) is 24.3 Å². The number of anilines is 1. The molecule has 100 valence electrons. The molecule has 0 radical (unpaired) electrons. The quantitative estimate of drug-likeness (QED) is 0.870. The number of rotatable bonds is 5. The fourth-order valence-corrected chi connectivity index (χ4v) is 2.57. The first kappa shape index (κ1) is 13.2. The maximum Gasteiger partial charge on any atom is 0.121 e. The van der Waals surface area contributed by atoms with E-state index < -0.39 is 0 Å². The van der Waals surface area contributed by atoms with Gasteiger partial charge in [-0.2, -0.15) is 0 Å². The van der Waals surface area contributed by atoms with Gasteiger partial charge < -0.3 is 15.4 Å². The molecule has 0 aliphatic heterocycles.